The minimum atomic E-state index is -0.122. The first-order valence-corrected chi connectivity index (χ1v) is 5.32. The van der Waals surface area contributed by atoms with E-state index in [9.17, 15) is 4.79 Å². The predicted octanol–water partition coefficient (Wildman–Crippen LogP) is 2.84. The summed E-state index contributed by atoms with van der Waals surface area (Å²) in [6.45, 7) is 10.7. The van der Waals surface area contributed by atoms with Gasteiger partial charge in [-0.15, -0.1) is 7.05 Å². The molecule has 4 nitrogen and oxygen atoms in total. The average molecular weight is 313 g/mol. The van der Waals surface area contributed by atoms with Crippen LogP contribution >= 0.6 is 0 Å². The zero-order chi connectivity index (χ0) is 12.7. The second-order valence-corrected chi connectivity index (χ2v) is 3.48. The Labute approximate surface area is 129 Å². The number of aromatic nitrogens is 1. The Hall–Kier alpha value is -0.216. The first-order valence-electron chi connectivity index (χ1n) is 5.32. The Balaban J connectivity index is 0. The Kier molecular flexibility index (Phi) is 11.0. The van der Waals surface area contributed by atoms with E-state index in [0.29, 0.717) is 6.42 Å². The van der Waals surface area contributed by atoms with Crippen LogP contribution in [0.15, 0.2) is 4.52 Å². The molecule has 0 spiro atoms. The molecule has 1 rings (SSSR count). The molecule has 95 valence electrons. The van der Waals surface area contributed by atoms with Gasteiger partial charge in [0.05, 0.1) is 11.6 Å². The molecule has 1 radical (unpaired) electrons. The van der Waals surface area contributed by atoms with Gasteiger partial charge in [0.1, 0.15) is 5.76 Å². The third-order valence-corrected chi connectivity index (χ3v) is 2.40. The van der Waals surface area contributed by atoms with Gasteiger partial charge in [-0.05, 0) is 13.8 Å². The molecule has 5 heteroatoms. The number of nitrogens with zero attached hydrogens (tertiary/aromatic N) is 2. The van der Waals surface area contributed by atoms with Crippen LogP contribution in [0.1, 0.15) is 30.9 Å². The van der Waals surface area contributed by atoms with Crippen molar-refractivity contribution in [1.29, 1.82) is 0 Å². The Morgan fingerprint density at radius 2 is 2.00 bits per heavy atom. The van der Waals surface area contributed by atoms with Crippen molar-refractivity contribution < 1.29 is 42.0 Å². The first kappa shape index (κ1) is 19.1. The van der Waals surface area contributed by atoms with Crippen molar-refractivity contribution in [2.45, 2.75) is 34.1 Å². The molecule has 0 aromatic carbocycles. The molecular formula is C12H20N2O2Y-2. The summed E-state index contributed by atoms with van der Waals surface area (Å²) in [6, 6.07) is 0. The second-order valence-electron chi connectivity index (χ2n) is 3.48. The standard InChI is InChI=1S/C10H16N2O2.C2H5.Y/c1-6(10(13)11-4)5-9-7(2)8(3)14-12-9;1-2;/h6H,5H2,1-4H3,(H,11,13);1H2,2H3;/q;-1;/p-1. The zero-order valence-corrected chi connectivity index (χ0v) is 14.1. The zero-order valence-electron chi connectivity index (χ0n) is 11.3. The summed E-state index contributed by atoms with van der Waals surface area (Å²) >= 11 is 0. The van der Waals surface area contributed by atoms with Gasteiger partial charge in [0, 0.05) is 50.6 Å². The maximum atomic E-state index is 11.2. The van der Waals surface area contributed by atoms with Crippen LogP contribution < -0.4 is 0 Å². The van der Waals surface area contributed by atoms with Gasteiger partial charge >= 0.3 is 0 Å². The fourth-order valence-electron chi connectivity index (χ4n) is 1.25. The Morgan fingerprint density at radius 1 is 1.47 bits per heavy atom. The van der Waals surface area contributed by atoms with Gasteiger partial charge in [-0.2, -0.15) is 6.92 Å². The molecular weight excluding hydrogens is 293 g/mol. The molecule has 0 bridgehead atoms. The van der Waals surface area contributed by atoms with Gasteiger partial charge in [-0.25, -0.2) is 0 Å². The summed E-state index contributed by atoms with van der Waals surface area (Å²) in [7, 11) is 1.51. The third-order valence-electron chi connectivity index (χ3n) is 2.40. The van der Waals surface area contributed by atoms with Crippen LogP contribution in [0.25, 0.3) is 5.32 Å². The van der Waals surface area contributed by atoms with Gasteiger partial charge in [-0.1, -0.05) is 12.1 Å². The van der Waals surface area contributed by atoms with Crippen molar-refractivity contribution >= 4 is 5.91 Å². The molecule has 1 heterocycles. The molecule has 0 saturated carbocycles. The Bertz CT molecular complexity index is 337. The van der Waals surface area contributed by atoms with Crippen LogP contribution in [-0.4, -0.2) is 18.1 Å². The van der Waals surface area contributed by atoms with E-state index in [1.807, 2.05) is 20.8 Å². The fraction of sp³-hybridized carbons (Fsp3) is 0.583. The summed E-state index contributed by atoms with van der Waals surface area (Å²) in [6.07, 6.45) is 0.597. The second kappa shape index (κ2) is 9.78. The first-order chi connectivity index (χ1) is 7.56. The molecule has 0 fully saturated rings. The van der Waals surface area contributed by atoms with Crippen LogP contribution in [0.5, 0.6) is 0 Å². The SMILES string of the molecule is C[N-]C(=O)C(C)Cc1noc(C)c1C.[CH2-]C.[Y]. The molecule has 1 atom stereocenters. The third kappa shape index (κ3) is 5.78. The smallest absolute Gasteiger partial charge is 0.136 e. The Morgan fingerprint density at radius 3 is 2.35 bits per heavy atom. The van der Waals surface area contributed by atoms with Gasteiger partial charge < -0.3 is 21.6 Å². The van der Waals surface area contributed by atoms with Crippen molar-refractivity contribution in [2.24, 2.45) is 5.92 Å². The van der Waals surface area contributed by atoms with Crippen molar-refractivity contribution in [3.05, 3.63) is 29.3 Å². The summed E-state index contributed by atoms with van der Waals surface area (Å²) < 4.78 is 5.02. The van der Waals surface area contributed by atoms with Gasteiger partial charge in [0.25, 0.3) is 0 Å². The van der Waals surface area contributed by atoms with E-state index >= 15 is 0 Å². The van der Waals surface area contributed by atoms with Crippen molar-refractivity contribution in [3.63, 3.8) is 0 Å². The molecule has 17 heavy (non-hydrogen) atoms. The molecule has 0 saturated heterocycles. The van der Waals surface area contributed by atoms with Crippen LogP contribution in [0.4, 0.5) is 0 Å². The summed E-state index contributed by atoms with van der Waals surface area (Å²) in [4.78, 5) is 11.2. The van der Waals surface area contributed by atoms with Crippen LogP contribution in [0.3, 0.4) is 0 Å². The van der Waals surface area contributed by atoms with E-state index in [-0.39, 0.29) is 44.5 Å². The van der Waals surface area contributed by atoms with E-state index in [0.717, 1.165) is 17.0 Å². The molecule has 1 aromatic heterocycles. The number of hydrogen-bond acceptors (Lipinski definition) is 3. The van der Waals surface area contributed by atoms with Gasteiger partial charge in [-0.3, -0.25) is 0 Å². The normalized spacial score (nSPS) is 10.7. The molecule has 1 unspecified atom stereocenters. The largest absolute Gasteiger partial charge is 0.656 e. The van der Waals surface area contributed by atoms with Crippen molar-refractivity contribution in [1.82, 2.24) is 5.16 Å². The topological polar surface area (TPSA) is 57.2 Å². The molecule has 0 N–H and O–H groups in total. The monoisotopic (exact) mass is 313 g/mol. The van der Waals surface area contributed by atoms with Crippen LogP contribution in [-0.2, 0) is 43.9 Å². The molecule has 0 aliphatic heterocycles. The maximum absolute atomic E-state index is 11.2. The summed E-state index contributed by atoms with van der Waals surface area (Å²) in [5.41, 5.74) is 1.88. The number of carbonyl (C=O) groups excluding carboxylic acids is 1. The molecule has 1 amide bonds. The van der Waals surface area contributed by atoms with Gasteiger partial charge in [0.15, 0.2) is 0 Å². The van der Waals surface area contributed by atoms with Crippen molar-refractivity contribution in [2.75, 3.05) is 7.05 Å². The van der Waals surface area contributed by atoms with Crippen molar-refractivity contribution in [3.8, 4) is 0 Å². The number of carbonyl (C=O) groups is 1. The molecule has 0 aliphatic carbocycles. The number of aryl methyl sites for hydroxylation is 1. The minimum absolute atomic E-state index is 0. The summed E-state index contributed by atoms with van der Waals surface area (Å²) in [5, 5.41) is 7.53. The van der Waals surface area contributed by atoms with E-state index < -0.39 is 0 Å². The number of rotatable bonds is 3. The van der Waals surface area contributed by atoms with E-state index in [2.05, 4.69) is 17.4 Å². The van der Waals surface area contributed by atoms with Gasteiger partial charge in [0.2, 0.25) is 0 Å². The number of amides is 1. The van der Waals surface area contributed by atoms with Crippen LogP contribution in [0, 0.1) is 26.7 Å². The quantitative estimate of drug-likeness (QED) is 0.806. The fourth-order valence-corrected chi connectivity index (χ4v) is 1.25. The average Bonchev–Trinajstić information content (AvgIpc) is 2.62. The maximum Gasteiger partial charge on any atom is 0.136 e. The van der Waals surface area contributed by atoms with E-state index in [4.69, 9.17) is 4.52 Å². The van der Waals surface area contributed by atoms with Crippen LogP contribution in [0.2, 0.25) is 0 Å². The number of hydrogen-bond donors (Lipinski definition) is 0. The predicted molar refractivity (Wildman–Crippen MR) is 64.2 cm³/mol. The minimum Gasteiger partial charge on any atom is -0.656 e. The summed E-state index contributed by atoms with van der Waals surface area (Å²) in [5.74, 6) is 0.598. The van der Waals surface area contributed by atoms with E-state index in [1.54, 1.807) is 6.92 Å². The van der Waals surface area contributed by atoms with E-state index in [1.165, 1.54) is 7.05 Å². The molecule has 0 aliphatic rings. The molecule has 1 aromatic rings.